The molecule has 1 atom stereocenters. The third kappa shape index (κ3) is 2.24. The molecule has 0 saturated carbocycles. The Morgan fingerprint density at radius 2 is 2.05 bits per heavy atom. The van der Waals surface area contributed by atoms with Gasteiger partial charge in [-0.25, -0.2) is 4.79 Å². The number of ether oxygens (including phenoxy) is 2. The van der Waals surface area contributed by atoms with Crippen molar-refractivity contribution in [3.8, 4) is 5.75 Å². The number of rotatable bonds is 3. The van der Waals surface area contributed by atoms with E-state index in [2.05, 4.69) is 0 Å². The number of amides is 1. The number of esters is 1. The van der Waals surface area contributed by atoms with Crippen LogP contribution in [0.3, 0.4) is 0 Å². The number of anilines is 1. The third-order valence-electron chi connectivity index (χ3n) is 3.31. The van der Waals surface area contributed by atoms with Gasteiger partial charge in [-0.1, -0.05) is 12.1 Å². The van der Waals surface area contributed by atoms with Crippen LogP contribution in [0, 0.1) is 0 Å². The van der Waals surface area contributed by atoms with E-state index in [1.165, 1.54) is 4.90 Å². The predicted octanol–water partition coefficient (Wildman–Crippen LogP) is 2.14. The van der Waals surface area contributed by atoms with Crippen LogP contribution in [0.25, 0.3) is 0 Å². The fourth-order valence-electron chi connectivity index (χ4n) is 2.26. The summed E-state index contributed by atoms with van der Waals surface area (Å²) in [6.07, 6.45) is -0.626. The summed E-state index contributed by atoms with van der Waals surface area (Å²) in [7, 11) is 0. The summed E-state index contributed by atoms with van der Waals surface area (Å²) in [5.74, 6) is -0.0871. The van der Waals surface area contributed by atoms with Crippen molar-refractivity contribution in [2.45, 2.75) is 39.3 Å². The van der Waals surface area contributed by atoms with Gasteiger partial charge in [0, 0.05) is 0 Å². The minimum absolute atomic E-state index is 0.248. The first-order chi connectivity index (χ1) is 9.39. The van der Waals surface area contributed by atoms with Crippen molar-refractivity contribution in [3.63, 3.8) is 0 Å². The second-order valence-corrected chi connectivity index (χ2v) is 5.18. The highest BCUT2D eigenvalue weighted by molar-refractivity contribution is 6.06. The van der Waals surface area contributed by atoms with E-state index in [1.807, 2.05) is 6.07 Å². The van der Waals surface area contributed by atoms with Crippen LogP contribution in [0.1, 0.15) is 27.7 Å². The highest BCUT2D eigenvalue weighted by atomic mass is 16.5. The smallest absolute Gasteiger partial charge is 0.331 e. The fraction of sp³-hybridized carbons (Fsp3) is 0.467. The Bertz CT molecular complexity index is 538. The van der Waals surface area contributed by atoms with Crippen LogP contribution in [0.5, 0.6) is 5.75 Å². The largest absolute Gasteiger partial charge is 0.479 e. The SMILES string of the molecule is CCOC(=O)C(C)(C)N1C(=O)C(C)Oc2ccccc21. The van der Waals surface area contributed by atoms with Crippen LogP contribution in [-0.2, 0) is 14.3 Å². The molecule has 1 amide bonds. The molecule has 1 heterocycles. The molecule has 20 heavy (non-hydrogen) atoms. The van der Waals surface area contributed by atoms with Gasteiger partial charge in [-0.3, -0.25) is 9.69 Å². The molecule has 0 bridgehead atoms. The van der Waals surface area contributed by atoms with E-state index >= 15 is 0 Å². The van der Waals surface area contributed by atoms with E-state index in [-0.39, 0.29) is 12.5 Å². The quantitative estimate of drug-likeness (QED) is 0.794. The maximum Gasteiger partial charge on any atom is 0.331 e. The van der Waals surface area contributed by atoms with Crippen molar-refractivity contribution in [2.75, 3.05) is 11.5 Å². The first-order valence-corrected chi connectivity index (χ1v) is 6.66. The summed E-state index contributed by atoms with van der Waals surface area (Å²) in [6.45, 7) is 7.05. The first-order valence-electron chi connectivity index (χ1n) is 6.66. The maximum atomic E-state index is 12.4. The van der Waals surface area contributed by atoms with Crippen molar-refractivity contribution >= 4 is 17.6 Å². The van der Waals surface area contributed by atoms with Crippen molar-refractivity contribution in [3.05, 3.63) is 24.3 Å². The third-order valence-corrected chi connectivity index (χ3v) is 3.31. The topological polar surface area (TPSA) is 55.8 Å². The van der Waals surface area contributed by atoms with Gasteiger partial charge in [0.05, 0.1) is 12.3 Å². The molecule has 1 unspecified atom stereocenters. The Hall–Kier alpha value is -2.04. The Morgan fingerprint density at radius 1 is 1.40 bits per heavy atom. The highest BCUT2D eigenvalue weighted by Gasteiger charge is 2.45. The number of para-hydroxylation sites is 2. The Balaban J connectivity index is 2.48. The lowest BCUT2D eigenvalue weighted by atomic mass is 9.99. The molecule has 0 saturated heterocycles. The summed E-state index contributed by atoms with van der Waals surface area (Å²) < 4.78 is 10.7. The van der Waals surface area contributed by atoms with Gasteiger partial charge in [0.2, 0.25) is 0 Å². The summed E-state index contributed by atoms with van der Waals surface area (Å²) in [5.41, 5.74) is -0.491. The zero-order valence-electron chi connectivity index (χ0n) is 12.2. The van der Waals surface area contributed by atoms with Gasteiger partial charge in [0.1, 0.15) is 11.3 Å². The van der Waals surface area contributed by atoms with E-state index in [0.717, 1.165) is 0 Å². The lowest BCUT2D eigenvalue weighted by Crippen LogP contribution is -2.59. The van der Waals surface area contributed by atoms with E-state index in [9.17, 15) is 9.59 Å². The Kier molecular flexibility index (Phi) is 3.70. The van der Waals surface area contributed by atoms with E-state index in [1.54, 1.807) is 45.9 Å². The number of hydrogen-bond donors (Lipinski definition) is 0. The molecule has 0 aromatic heterocycles. The Labute approximate surface area is 118 Å². The van der Waals surface area contributed by atoms with Gasteiger partial charge in [-0.05, 0) is 39.8 Å². The second kappa shape index (κ2) is 5.15. The van der Waals surface area contributed by atoms with Crippen LogP contribution in [0.15, 0.2) is 24.3 Å². The van der Waals surface area contributed by atoms with E-state index in [0.29, 0.717) is 11.4 Å². The summed E-state index contributed by atoms with van der Waals surface area (Å²) in [4.78, 5) is 26.1. The van der Waals surface area contributed by atoms with E-state index < -0.39 is 17.6 Å². The molecular weight excluding hydrogens is 258 g/mol. The molecule has 108 valence electrons. The van der Waals surface area contributed by atoms with E-state index in [4.69, 9.17) is 9.47 Å². The molecule has 1 aromatic rings. The number of hydrogen-bond acceptors (Lipinski definition) is 4. The second-order valence-electron chi connectivity index (χ2n) is 5.18. The molecule has 0 radical (unpaired) electrons. The van der Waals surface area contributed by atoms with Gasteiger partial charge >= 0.3 is 5.97 Å². The fourth-order valence-corrected chi connectivity index (χ4v) is 2.26. The summed E-state index contributed by atoms with van der Waals surface area (Å²) in [6, 6.07) is 7.18. The zero-order chi connectivity index (χ0) is 14.9. The molecular formula is C15H19NO4. The summed E-state index contributed by atoms with van der Waals surface area (Å²) in [5, 5.41) is 0. The molecule has 0 aliphatic carbocycles. The van der Waals surface area contributed by atoms with Crippen LogP contribution in [0.2, 0.25) is 0 Å². The monoisotopic (exact) mass is 277 g/mol. The van der Waals surface area contributed by atoms with Gasteiger partial charge < -0.3 is 9.47 Å². The first kappa shape index (κ1) is 14.4. The van der Waals surface area contributed by atoms with Crippen LogP contribution < -0.4 is 9.64 Å². The van der Waals surface area contributed by atoms with Crippen molar-refractivity contribution in [1.82, 2.24) is 0 Å². The number of fused-ring (bicyclic) bond motifs is 1. The number of carbonyl (C=O) groups excluding carboxylic acids is 2. The molecule has 1 aliphatic rings. The van der Waals surface area contributed by atoms with Gasteiger partial charge in [-0.15, -0.1) is 0 Å². The van der Waals surface area contributed by atoms with Crippen LogP contribution in [-0.4, -0.2) is 30.1 Å². The van der Waals surface area contributed by atoms with Gasteiger partial charge in [0.15, 0.2) is 6.10 Å². The van der Waals surface area contributed by atoms with Crippen LogP contribution in [0.4, 0.5) is 5.69 Å². The van der Waals surface area contributed by atoms with Crippen molar-refractivity contribution in [1.29, 1.82) is 0 Å². The predicted molar refractivity (Wildman–Crippen MR) is 74.7 cm³/mol. The van der Waals surface area contributed by atoms with Gasteiger partial charge in [-0.2, -0.15) is 0 Å². The van der Waals surface area contributed by atoms with Gasteiger partial charge in [0.25, 0.3) is 5.91 Å². The van der Waals surface area contributed by atoms with Crippen LogP contribution >= 0.6 is 0 Å². The Morgan fingerprint density at radius 3 is 2.70 bits per heavy atom. The molecule has 1 aliphatic heterocycles. The lowest BCUT2D eigenvalue weighted by Gasteiger charge is -2.41. The van der Waals surface area contributed by atoms with Crippen molar-refractivity contribution in [2.24, 2.45) is 0 Å². The molecule has 2 rings (SSSR count). The minimum atomic E-state index is -1.08. The normalized spacial score (nSPS) is 18.3. The molecule has 5 heteroatoms. The molecule has 5 nitrogen and oxygen atoms in total. The molecule has 0 N–H and O–H groups in total. The number of benzene rings is 1. The summed E-state index contributed by atoms with van der Waals surface area (Å²) >= 11 is 0. The molecule has 0 spiro atoms. The minimum Gasteiger partial charge on any atom is -0.479 e. The molecule has 1 aromatic carbocycles. The molecule has 0 fully saturated rings. The average molecular weight is 277 g/mol. The maximum absolute atomic E-state index is 12.4. The number of nitrogens with zero attached hydrogens (tertiary/aromatic N) is 1. The van der Waals surface area contributed by atoms with Crippen molar-refractivity contribution < 1.29 is 19.1 Å². The zero-order valence-corrected chi connectivity index (χ0v) is 12.2. The standard InChI is InChI=1S/C15H19NO4/c1-5-19-14(18)15(3,4)16-11-8-6-7-9-12(11)20-10(2)13(16)17/h6-10H,5H2,1-4H3. The number of carbonyl (C=O) groups is 2. The highest BCUT2D eigenvalue weighted by Crippen LogP contribution is 2.38. The average Bonchev–Trinajstić information content (AvgIpc) is 2.40. The lowest BCUT2D eigenvalue weighted by molar-refractivity contribution is -0.150.